The Hall–Kier alpha value is -2.31. The third-order valence-electron chi connectivity index (χ3n) is 2.36. The number of carbonyl (C=O) groups is 1. The van der Waals surface area contributed by atoms with Crippen LogP contribution in [0.3, 0.4) is 0 Å². The second-order valence-electron chi connectivity index (χ2n) is 3.69. The first-order valence-corrected chi connectivity index (χ1v) is 5.21. The smallest absolute Gasteiger partial charge is 0.268 e. The molecule has 0 fully saturated rings. The Morgan fingerprint density at radius 1 is 1.59 bits per heavy atom. The molecule has 90 valence electrons. The fourth-order valence-electron chi connectivity index (χ4n) is 1.54. The Labute approximate surface area is 98.2 Å². The van der Waals surface area contributed by atoms with E-state index in [0.29, 0.717) is 24.5 Å². The van der Waals surface area contributed by atoms with Crippen LogP contribution in [0.15, 0.2) is 24.7 Å². The molecule has 0 spiro atoms. The van der Waals surface area contributed by atoms with Gasteiger partial charge in [-0.15, -0.1) is 5.10 Å². The summed E-state index contributed by atoms with van der Waals surface area (Å²) in [4.78, 5) is 11.8. The lowest BCUT2D eigenvalue weighted by Crippen LogP contribution is -2.28. The van der Waals surface area contributed by atoms with Crippen LogP contribution in [0.2, 0.25) is 0 Å². The van der Waals surface area contributed by atoms with Crippen molar-refractivity contribution in [2.75, 3.05) is 12.3 Å². The number of hydrogen-bond donors (Lipinski definition) is 2. The number of rotatable bonds is 4. The van der Waals surface area contributed by atoms with Gasteiger partial charge in [-0.2, -0.15) is 0 Å². The number of carbonyl (C=O) groups excluding carboxylic acids is 1. The standard InChI is InChI=1S/C10H14N6O/c1-15-7-8(11)6-9(15)10(17)12-2-4-16-5-3-13-14-16/h3,5-7H,2,4,11H2,1H3,(H,12,17). The number of aryl methyl sites for hydroxylation is 1. The molecule has 3 N–H and O–H groups in total. The molecule has 0 aliphatic rings. The van der Waals surface area contributed by atoms with E-state index in [0.717, 1.165) is 0 Å². The zero-order valence-corrected chi connectivity index (χ0v) is 9.50. The van der Waals surface area contributed by atoms with E-state index in [1.165, 1.54) is 0 Å². The molecule has 0 atom stereocenters. The van der Waals surface area contributed by atoms with E-state index in [-0.39, 0.29) is 5.91 Å². The fraction of sp³-hybridized carbons (Fsp3) is 0.300. The monoisotopic (exact) mass is 234 g/mol. The van der Waals surface area contributed by atoms with Crippen molar-refractivity contribution in [3.8, 4) is 0 Å². The molecule has 0 saturated carbocycles. The van der Waals surface area contributed by atoms with E-state index in [1.807, 2.05) is 0 Å². The minimum atomic E-state index is -0.149. The molecule has 0 aliphatic heterocycles. The first-order chi connectivity index (χ1) is 8.16. The second kappa shape index (κ2) is 4.69. The molecule has 2 rings (SSSR count). The van der Waals surface area contributed by atoms with Crippen LogP contribution in [0, 0.1) is 0 Å². The maximum absolute atomic E-state index is 11.8. The third kappa shape index (κ3) is 2.63. The van der Waals surface area contributed by atoms with Gasteiger partial charge in [0, 0.05) is 26.0 Å². The zero-order valence-electron chi connectivity index (χ0n) is 9.50. The van der Waals surface area contributed by atoms with E-state index >= 15 is 0 Å². The van der Waals surface area contributed by atoms with Crippen LogP contribution in [-0.4, -0.2) is 32.0 Å². The van der Waals surface area contributed by atoms with Crippen molar-refractivity contribution in [2.45, 2.75) is 6.54 Å². The Balaban J connectivity index is 1.87. The summed E-state index contributed by atoms with van der Waals surface area (Å²) in [6.45, 7) is 1.08. The predicted molar refractivity (Wildman–Crippen MR) is 62.2 cm³/mol. The summed E-state index contributed by atoms with van der Waals surface area (Å²) < 4.78 is 3.35. The van der Waals surface area contributed by atoms with Gasteiger partial charge in [0.15, 0.2) is 0 Å². The van der Waals surface area contributed by atoms with Crippen molar-refractivity contribution < 1.29 is 4.79 Å². The van der Waals surface area contributed by atoms with Crippen molar-refractivity contribution in [3.63, 3.8) is 0 Å². The molecule has 17 heavy (non-hydrogen) atoms. The number of aromatic nitrogens is 4. The van der Waals surface area contributed by atoms with E-state index in [1.54, 1.807) is 41.0 Å². The average Bonchev–Trinajstić information content (AvgIpc) is 2.88. The summed E-state index contributed by atoms with van der Waals surface area (Å²) in [7, 11) is 1.78. The summed E-state index contributed by atoms with van der Waals surface area (Å²) in [5.74, 6) is -0.149. The van der Waals surface area contributed by atoms with E-state index in [2.05, 4.69) is 15.6 Å². The summed E-state index contributed by atoms with van der Waals surface area (Å²) >= 11 is 0. The second-order valence-corrected chi connectivity index (χ2v) is 3.69. The Morgan fingerprint density at radius 2 is 2.41 bits per heavy atom. The molecule has 7 nitrogen and oxygen atoms in total. The van der Waals surface area contributed by atoms with E-state index in [4.69, 9.17) is 5.73 Å². The van der Waals surface area contributed by atoms with Gasteiger partial charge in [0.2, 0.25) is 0 Å². The quantitative estimate of drug-likeness (QED) is 0.755. The van der Waals surface area contributed by atoms with Crippen molar-refractivity contribution in [3.05, 3.63) is 30.4 Å². The summed E-state index contributed by atoms with van der Waals surface area (Å²) in [5.41, 5.74) is 6.72. The van der Waals surface area contributed by atoms with Crippen LogP contribution in [-0.2, 0) is 13.6 Å². The largest absolute Gasteiger partial charge is 0.397 e. The topological polar surface area (TPSA) is 90.8 Å². The molecule has 2 heterocycles. The molecule has 2 aromatic heterocycles. The Kier molecular flexibility index (Phi) is 3.08. The number of nitrogens with one attached hydrogen (secondary N) is 1. The van der Waals surface area contributed by atoms with Crippen molar-refractivity contribution in [1.82, 2.24) is 24.9 Å². The zero-order chi connectivity index (χ0) is 12.3. The van der Waals surface area contributed by atoms with Crippen LogP contribution < -0.4 is 11.1 Å². The van der Waals surface area contributed by atoms with Crippen LogP contribution >= 0.6 is 0 Å². The summed E-state index contributed by atoms with van der Waals surface area (Å²) in [5, 5.41) is 10.3. The minimum Gasteiger partial charge on any atom is -0.397 e. The molecular formula is C10H14N6O. The lowest BCUT2D eigenvalue weighted by molar-refractivity contribution is 0.0944. The molecule has 0 aromatic carbocycles. The SMILES string of the molecule is Cn1cc(N)cc1C(=O)NCCn1ccnn1. The number of anilines is 1. The van der Waals surface area contributed by atoms with Gasteiger partial charge in [0.25, 0.3) is 5.91 Å². The van der Waals surface area contributed by atoms with Gasteiger partial charge in [0.05, 0.1) is 18.4 Å². The number of nitrogens with zero attached hydrogens (tertiary/aromatic N) is 4. The molecule has 1 amide bonds. The predicted octanol–water partition coefficient (Wildman–Crippen LogP) is -0.371. The van der Waals surface area contributed by atoms with Gasteiger partial charge in [-0.05, 0) is 6.07 Å². The highest BCUT2D eigenvalue weighted by molar-refractivity contribution is 5.93. The number of nitrogen functional groups attached to an aromatic ring is 1. The van der Waals surface area contributed by atoms with E-state index in [9.17, 15) is 4.79 Å². The molecule has 0 saturated heterocycles. The van der Waals surface area contributed by atoms with Crippen LogP contribution in [0.1, 0.15) is 10.5 Å². The molecule has 2 aromatic rings. The summed E-state index contributed by atoms with van der Waals surface area (Å²) in [6, 6.07) is 1.64. The van der Waals surface area contributed by atoms with Gasteiger partial charge in [-0.1, -0.05) is 5.21 Å². The Morgan fingerprint density at radius 3 is 3.00 bits per heavy atom. The van der Waals surface area contributed by atoms with Crippen LogP contribution in [0.4, 0.5) is 5.69 Å². The maximum atomic E-state index is 11.8. The summed E-state index contributed by atoms with van der Waals surface area (Å²) in [6.07, 6.45) is 5.04. The molecule has 0 bridgehead atoms. The number of amides is 1. The highest BCUT2D eigenvalue weighted by Crippen LogP contribution is 2.07. The molecular weight excluding hydrogens is 220 g/mol. The third-order valence-corrected chi connectivity index (χ3v) is 2.36. The average molecular weight is 234 g/mol. The lowest BCUT2D eigenvalue weighted by Gasteiger charge is -2.05. The maximum Gasteiger partial charge on any atom is 0.268 e. The number of hydrogen-bond acceptors (Lipinski definition) is 4. The van der Waals surface area contributed by atoms with E-state index < -0.39 is 0 Å². The molecule has 0 aliphatic carbocycles. The number of nitrogens with two attached hydrogens (primary N) is 1. The van der Waals surface area contributed by atoms with Gasteiger partial charge >= 0.3 is 0 Å². The highest BCUT2D eigenvalue weighted by atomic mass is 16.1. The van der Waals surface area contributed by atoms with Crippen molar-refractivity contribution in [1.29, 1.82) is 0 Å². The minimum absolute atomic E-state index is 0.149. The Bertz CT molecular complexity index is 501. The first kappa shape index (κ1) is 11.2. The molecule has 7 heteroatoms. The fourth-order valence-corrected chi connectivity index (χ4v) is 1.54. The van der Waals surface area contributed by atoms with Gasteiger partial charge in [-0.25, -0.2) is 0 Å². The van der Waals surface area contributed by atoms with Gasteiger partial charge in [0.1, 0.15) is 5.69 Å². The van der Waals surface area contributed by atoms with Gasteiger partial charge < -0.3 is 15.6 Å². The molecule has 0 radical (unpaired) electrons. The van der Waals surface area contributed by atoms with Gasteiger partial charge in [-0.3, -0.25) is 9.48 Å². The van der Waals surface area contributed by atoms with Crippen LogP contribution in [0.5, 0.6) is 0 Å². The lowest BCUT2D eigenvalue weighted by atomic mass is 10.4. The van der Waals surface area contributed by atoms with Crippen molar-refractivity contribution in [2.24, 2.45) is 7.05 Å². The van der Waals surface area contributed by atoms with Crippen LogP contribution in [0.25, 0.3) is 0 Å². The highest BCUT2D eigenvalue weighted by Gasteiger charge is 2.09. The van der Waals surface area contributed by atoms with Crippen molar-refractivity contribution >= 4 is 11.6 Å². The first-order valence-electron chi connectivity index (χ1n) is 5.21. The molecule has 0 unspecified atom stereocenters. The normalized spacial score (nSPS) is 10.4.